The lowest BCUT2D eigenvalue weighted by Gasteiger charge is -2.10. The van der Waals surface area contributed by atoms with Gasteiger partial charge in [-0.05, 0) is 23.8 Å². The monoisotopic (exact) mass is 322 g/mol. The maximum Gasteiger partial charge on any atom is 0.131 e. The van der Waals surface area contributed by atoms with Crippen molar-refractivity contribution < 1.29 is 4.39 Å². The van der Waals surface area contributed by atoms with Crippen molar-refractivity contribution in [3.63, 3.8) is 0 Å². The van der Waals surface area contributed by atoms with Gasteiger partial charge in [-0.1, -0.05) is 46.9 Å². The van der Waals surface area contributed by atoms with E-state index in [2.05, 4.69) is 0 Å². The number of hydrogen-bond acceptors (Lipinski definition) is 0. The lowest BCUT2D eigenvalue weighted by atomic mass is 10.0. The maximum absolute atomic E-state index is 14.0. The minimum Gasteiger partial charge on any atom is -0.206 e. The van der Waals surface area contributed by atoms with Gasteiger partial charge < -0.3 is 0 Å². The van der Waals surface area contributed by atoms with Crippen LogP contribution in [0.1, 0.15) is 5.56 Å². The predicted molar refractivity (Wildman–Crippen MR) is 76.4 cm³/mol. The molecule has 0 saturated heterocycles. The zero-order chi connectivity index (χ0) is 13.3. The van der Waals surface area contributed by atoms with Gasteiger partial charge in [0.15, 0.2) is 0 Å². The lowest BCUT2D eigenvalue weighted by Crippen LogP contribution is -1.90. The normalized spacial score (nSPS) is 10.7. The van der Waals surface area contributed by atoms with E-state index in [-0.39, 0.29) is 10.9 Å². The second kappa shape index (κ2) is 5.66. The number of benzene rings is 2. The van der Waals surface area contributed by atoms with E-state index in [9.17, 15) is 4.39 Å². The van der Waals surface area contributed by atoms with Crippen molar-refractivity contribution in [3.05, 3.63) is 56.8 Å². The summed E-state index contributed by atoms with van der Waals surface area (Å²) in [5.74, 6) is -0.187. The molecular weight excluding hydrogens is 317 g/mol. The number of rotatable bonds is 2. The summed E-state index contributed by atoms with van der Waals surface area (Å²) in [6.07, 6.45) is 0. The van der Waals surface area contributed by atoms with Gasteiger partial charge >= 0.3 is 0 Å². The molecule has 0 aliphatic rings. The average molecular weight is 324 g/mol. The van der Waals surface area contributed by atoms with Crippen LogP contribution in [0.3, 0.4) is 0 Å². The fraction of sp³-hybridized carbons (Fsp3) is 0.0769. The largest absolute Gasteiger partial charge is 0.206 e. The molecule has 0 unspecified atom stereocenters. The Bertz CT molecular complexity index is 596. The van der Waals surface area contributed by atoms with E-state index in [1.54, 1.807) is 24.3 Å². The Morgan fingerprint density at radius 3 is 2.22 bits per heavy atom. The molecule has 0 heterocycles. The van der Waals surface area contributed by atoms with Crippen LogP contribution in [-0.2, 0) is 5.88 Å². The molecule has 0 fully saturated rings. The third-order valence-electron chi connectivity index (χ3n) is 2.50. The second-order valence-electron chi connectivity index (χ2n) is 3.67. The highest BCUT2D eigenvalue weighted by Gasteiger charge is 2.15. The molecular formula is C13H7Cl4F. The highest BCUT2D eigenvalue weighted by atomic mass is 35.5. The minimum atomic E-state index is -0.431. The summed E-state index contributed by atoms with van der Waals surface area (Å²) in [5.41, 5.74) is 1.39. The fourth-order valence-corrected chi connectivity index (χ4v) is 2.52. The van der Waals surface area contributed by atoms with E-state index in [4.69, 9.17) is 46.4 Å². The molecule has 0 atom stereocenters. The van der Waals surface area contributed by atoms with E-state index >= 15 is 0 Å². The summed E-state index contributed by atoms with van der Waals surface area (Å²) in [4.78, 5) is 0. The highest BCUT2D eigenvalue weighted by Crippen LogP contribution is 2.40. The van der Waals surface area contributed by atoms with Gasteiger partial charge in [-0.2, -0.15) is 0 Å². The highest BCUT2D eigenvalue weighted by molar-refractivity contribution is 6.46. The van der Waals surface area contributed by atoms with Gasteiger partial charge in [-0.3, -0.25) is 0 Å². The Hall–Kier alpha value is -0.470. The third-order valence-corrected chi connectivity index (χ3v) is 3.93. The van der Waals surface area contributed by atoms with Crippen LogP contribution in [-0.4, -0.2) is 0 Å². The molecule has 0 bridgehead atoms. The Morgan fingerprint density at radius 1 is 0.944 bits per heavy atom. The molecule has 94 valence electrons. The van der Waals surface area contributed by atoms with Gasteiger partial charge in [0.1, 0.15) is 5.82 Å². The van der Waals surface area contributed by atoms with Crippen molar-refractivity contribution >= 4 is 46.4 Å². The van der Waals surface area contributed by atoms with Crippen molar-refractivity contribution in [1.82, 2.24) is 0 Å². The van der Waals surface area contributed by atoms with Gasteiger partial charge in [0.05, 0.1) is 15.1 Å². The first-order valence-corrected chi connectivity index (χ1v) is 6.69. The SMILES string of the molecule is Fc1cc(CCl)ccc1-c1c(Cl)ccc(Cl)c1Cl. The zero-order valence-electron chi connectivity index (χ0n) is 8.98. The summed E-state index contributed by atoms with van der Waals surface area (Å²) < 4.78 is 14.0. The smallest absolute Gasteiger partial charge is 0.131 e. The summed E-state index contributed by atoms with van der Waals surface area (Å²) >= 11 is 23.7. The summed E-state index contributed by atoms with van der Waals surface area (Å²) in [5, 5.41) is 0.917. The molecule has 2 rings (SSSR count). The standard InChI is InChI=1S/C13H7Cl4F/c14-6-7-1-2-8(11(18)5-7)12-9(15)3-4-10(16)13(12)17/h1-5H,6H2. The molecule has 2 aromatic carbocycles. The van der Waals surface area contributed by atoms with Crippen LogP contribution in [0.25, 0.3) is 11.1 Å². The fourth-order valence-electron chi connectivity index (χ4n) is 1.62. The Labute approximate surface area is 124 Å². The molecule has 0 radical (unpaired) electrons. The number of halogens is 5. The Kier molecular flexibility index (Phi) is 4.39. The van der Waals surface area contributed by atoms with Crippen molar-refractivity contribution in [2.75, 3.05) is 0 Å². The average Bonchev–Trinajstić information content (AvgIpc) is 2.36. The van der Waals surface area contributed by atoms with Gasteiger partial charge in [-0.25, -0.2) is 4.39 Å². The molecule has 18 heavy (non-hydrogen) atoms. The van der Waals surface area contributed by atoms with Gasteiger partial charge in [-0.15, -0.1) is 11.6 Å². The van der Waals surface area contributed by atoms with Crippen LogP contribution in [0.15, 0.2) is 30.3 Å². The van der Waals surface area contributed by atoms with Crippen LogP contribution in [0.2, 0.25) is 15.1 Å². The first kappa shape index (κ1) is 14.0. The van der Waals surface area contributed by atoms with Gasteiger partial charge in [0.2, 0.25) is 0 Å². The summed E-state index contributed by atoms with van der Waals surface area (Å²) in [6.45, 7) is 0. The third kappa shape index (κ3) is 2.60. The second-order valence-corrected chi connectivity index (χ2v) is 5.13. The van der Waals surface area contributed by atoms with E-state index in [1.807, 2.05) is 0 Å². The van der Waals surface area contributed by atoms with Crippen LogP contribution < -0.4 is 0 Å². The molecule has 0 aliphatic heterocycles. The molecule has 2 aromatic rings. The maximum atomic E-state index is 14.0. The van der Waals surface area contributed by atoms with Gasteiger partial charge in [0.25, 0.3) is 0 Å². The zero-order valence-corrected chi connectivity index (χ0v) is 12.0. The van der Waals surface area contributed by atoms with Crippen molar-refractivity contribution in [1.29, 1.82) is 0 Å². The Morgan fingerprint density at radius 2 is 1.61 bits per heavy atom. The van der Waals surface area contributed by atoms with Crippen molar-refractivity contribution in [2.24, 2.45) is 0 Å². The number of alkyl halides is 1. The quantitative estimate of drug-likeness (QED) is 0.456. The van der Waals surface area contributed by atoms with E-state index in [1.165, 1.54) is 6.07 Å². The molecule has 0 saturated carbocycles. The van der Waals surface area contributed by atoms with E-state index < -0.39 is 5.82 Å². The molecule has 0 spiro atoms. The van der Waals surface area contributed by atoms with Crippen LogP contribution in [0.4, 0.5) is 4.39 Å². The molecule has 0 aliphatic carbocycles. The number of hydrogen-bond donors (Lipinski definition) is 0. The van der Waals surface area contributed by atoms with Crippen LogP contribution in [0, 0.1) is 5.82 Å². The molecule has 5 heteroatoms. The van der Waals surface area contributed by atoms with Crippen LogP contribution in [0.5, 0.6) is 0 Å². The molecule has 0 aromatic heterocycles. The molecule has 0 N–H and O–H groups in total. The van der Waals surface area contributed by atoms with E-state index in [0.717, 1.165) is 0 Å². The summed E-state index contributed by atoms with van der Waals surface area (Å²) in [6, 6.07) is 7.83. The predicted octanol–water partition coefficient (Wildman–Crippen LogP) is 6.19. The Balaban J connectivity index is 2.66. The minimum absolute atomic E-state index is 0.238. The lowest BCUT2D eigenvalue weighted by molar-refractivity contribution is 0.630. The van der Waals surface area contributed by atoms with Crippen LogP contribution >= 0.6 is 46.4 Å². The van der Waals surface area contributed by atoms with Crippen molar-refractivity contribution in [2.45, 2.75) is 5.88 Å². The summed E-state index contributed by atoms with van der Waals surface area (Å²) in [7, 11) is 0. The van der Waals surface area contributed by atoms with Crippen molar-refractivity contribution in [3.8, 4) is 11.1 Å². The molecule has 0 nitrogen and oxygen atoms in total. The topological polar surface area (TPSA) is 0 Å². The van der Waals surface area contributed by atoms with E-state index in [0.29, 0.717) is 26.7 Å². The first-order valence-electron chi connectivity index (χ1n) is 5.03. The molecule has 0 amide bonds. The van der Waals surface area contributed by atoms with Gasteiger partial charge in [0, 0.05) is 17.0 Å². The first-order chi connectivity index (χ1) is 8.54.